The Morgan fingerprint density at radius 2 is 1.39 bits per heavy atom. The highest BCUT2D eigenvalue weighted by Crippen LogP contribution is 2.40. The Bertz CT molecular complexity index is 440. The fourth-order valence-corrected chi connectivity index (χ4v) is 2.27. The topological polar surface area (TPSA) is 202 Å². The number of carbonyl (C=O) groups is 4. The zero-order chi connectivity index (χ0) is 18.3. The Balaban J connectivity index is 6.10. The number of carbonyl (C=O) groups excluding carboxylic acids is 1. The van der Waals surface area contributed by atoms with E-state index >= 15 is 0 Å². The summed E-state index contributed by atoms with van der Waals surface area (Å²) in [5, 5.41) is 29.6. The van der Waals surface area contributed by atoms with Gasteiger partial charge in [-0.3, -0.25) is 30.2 Å². The Morgan fingerprint density at radius 3 is 1.65 bits per heavy atom. The summed E-state index contributed by atoms with van der Waals surface area (Å²) in [5.41, 5.74) is 9.09. The molecule has 0 aromatic rings. The molecule has 8 N–H and O–H groups in total. The molecule has 0 rings (SSSR count). The van der Waals surface area contributed by atoms with Gasteiger partial charge in [0.15, 0.2) is 0 Å². The van der Waals surface area contributed by atoms with Crippen LogP contribution < -0.4 is 16.8 Å². The van der Waals surface area contributed by atoms with Gasteiger partial charge in [-0.25, -0.2) is 0 Å². The summed E-state index contributed by atoms with van der Waals surface area (Å²) in [6.45, 7) is 0.909. The van der Waals surface area contributed by atoms with E-state index in [2.05, 4.69) is 5.32 Å². The molecule has 0 bridgehead atoms. The van der Waals surface area contributed by atoms with E-state index < -0.39 is 54.4 Å². The van der Waals surface area contributed by atoms with Crippen LogP contribution >= 0.6 is 0 Å². The lowest BCUT2D eigenvalue weighted by Crippen LogP contribution is -2.69. The van der Waals surface area contributed by atoms with E-state index in [1.54, 1.807) is 0 Å². The molecule has 0 aromatic heterocycles. The first-order chi connectivity index (χ1) is 10.5. The highest BCUT2D eigenvalue weighted by molar-refractivity contribution is 5.76. The summed E-state index contributed by atoms with van der Waals surface area (Å²) in [5.74, 6) is -7.77. The van der Waals surface area contributed by atoms with E-state index in [1.807, 2.05) is 0 Å². The van der Waals surface area contributed by atoms with Crippen molar-refractivity contribution in [2.45, 2.75) is 32.0 Å². The van der Waals surface area contributed by atoms with Crippen LogP contribution in [-0.4, -0.2) is 58.1 Å². The van der Waals surface area contributed by atoms with Crippen LogP contribution in [0.1, 0.15) is 26.2 Å². The first-order valence-electron chi connectivity index (χ1n) is 6.57. The Hall–Kier alpha value is -2.24. The van der Waals surface area contributed by atoms with E-state index in [0.29, 0.717) is 0 Å². The molecule has 1 unspecified atom stereocenters. The Labute approximate surface area is 131 Å². The summed E-state index contributed by atoms with van der Waals surface area (Å²) >= 11 is 0. The minimum absolute atomic E-state index is 0.00348. The van der Waals surface area contributed by atoms with Crippen molar-refractivity contribution in [3.63, 3.8) is 0 Å². The van der Waals surface area contributed by atoms with Crippen molar-refractivity contribution in [3.8, 4) is 0 Å². The molecule has 0 saturated carbocycles. The minimum Gasteiger partial charge on any atom is -0.481 e. The standard InChI is InChI=1S/C12H21N3O8/c1-7(16)23-12(14,15-3-2-13)11(4-8(17)18,5-9(19)20)6-10(21)22/h15H,2-6,13-14H2,1H3,(H,17,18)(H,19,20)(H,21,22). The van der Waals surface area contributed by atoms with Gasteiger partial charge in [-0.2, -0.15) is 0 Å². The van der Waals surface area contributed by atoms with Crippen LogP contribution in [0.15, 0.2) is 0 Å². The second-order valence-corrected chi connectivity index (χ2v) is 5.04. The predicted octanol–water partition coefficient (Wildman–Crippen LogP) is -1.88. The normalized spacial score (nSPS) is 13.9. The minimum atomic E-state index is -2.34. The maximum absolute atomic E-state index is 11.3. The van der Waals surface area contributed by atoms with Gasteiger partial charge in [0.1, 0.15) is 0 Å². The average Bonchev–Trinajstić information content (AvgIpc) is 2.32. The molecule has 0 spiro atoms. The van der Waals surface area contributed by atoms with Crippen molar-refractivity contribution < 1.29 is 39.2 Å². The maximum atomic E-state index is 11.3. The van der Waals surface area contributed by atoms with E-state index in [-0.39, 0.29) is 13.1 Å². The lowest BCUT2D eigenvalue weighted by atomic mass is 9.72. The summed E-state index contributed by atoms with van der Waals surface area (Å²) in [6, 6.07) is 0. The smallest absolute Gasteiger partial charge is 0.305 e. The van der Waals surface area contributed by atoms with Crippen LogP contribution in [0.2, 0.25) is 0 Å². The number of nitrogens with one attached hydrogen (secondary N) is 1. The number of nitrogens with two attached hydrogens (primary N) is 2. The zero-order valence-corrected chi connectivity index (χ0v) is 12.6. The molecule has 0 aromatic carbocycles. The van der Waals surface area contributed by atoms with E-state index in [9.17, 15) is 19.2 Å². The van der Waals surface area contributed by atoms with Crippen molar-refractivity contribution >= 4 is 23.9 Å². The van der Waals surface area contributed by atoms with Crippen molar-refractivity contribution in [1.29, 1.82) is 0 Å². The number of esters is 1. The molecule has 132 valence electrons. The third-order valence-corrected chi connectivity index (χ3v) is 3.09. The van der Waals surface area contributed by atoms with Gasteiger partial charge in [-0.05, 0) is 0 Å². The van der Waals surface area contributed by atoms with Gasteiger partial charge >= 0.3 is 23.9 Å². The van der Waals surface area contributed by atoms with Crippen molar-refractivity contribution in [2.24, 2.45) is 16.9 Å². The first-order valence-corrected chi connectivity index (χ1v) is 6.57. The third-order valence-electron chi connectivity index (χ3n) is 3.09. The van der Waals surface area contributed by atoms with Crippen LogP contribution in [0.5, 0.6) is 0 Å². The summed E-state index contributed by atoms with van der Waals surface area (Å²) in [7, 11) is 0. The van der Waals surface area contributed by atoms with Gasteiger partial charge in [0, 0.05) is 20.0 Å². The number of hydrogen-bond donors (Lipinski definition) is 6. The number of ether oxygens (including phenoxy) is 1. The number of carboxylic acids is 3. The van der Waals surface area contributed by atoms with Gasteiger partial charge in [0.05, 0.1) is 24.7 Å². The highest BCUT2D eigenvalue weighted by atomic mass is 16.6. The average molecular weight is 335 g/mol. The molecule has 1 atom stereocenters. The molecule has 0 radical (unpaired) electrons. The van der Waals surface area contributed by atoms with Crippen LogP contribution in [0, 0.1) is 5.41 Å². The van der Waals surface area contributed by atoms with Gasteiger partial charge in [0.25, 0.3) is 0 Å². The van der Waals surface area contributed by atoms with Gasteiger partial charge < -0.3 is 25.8 Å². The zero-order valence-electron chi connectivity index (χ0n) is 12.6. The molecule has 0 aliphatic rings. The van der Waals surface area contributed by atoms with Crippen LogP contribution in [0.4, 0.5) is 0 Å². The number of hydrogen-bond acceptors (Lipinski definition) is 8. The second-order valence-electron chi connectivity index (χ2n) is 5.04. The molecule has 23 heavy (non-hydrogen) atoms. The number of rotatable bonds is 11. The fraction of sp³-hybridized carbons (Fsp3) is 0.667. The largest absolute Gasteiger partial charge is 0.481 e. The predicted molar refractivity (Wildman–Crippen MR) is 74.9 cm³/mol. The molecule has 11 heteroatoms. The lowest BCUT2D eigenvalue weighted by molar-refractivity contribution is -0.196. The molecule has 0 saturated heterocycles. The van der Waals surface area contributed by atoms with E-state index in [1.165, 1.54) is 0 Å². The number of aliphatic carboxylic acids is 3. The second kappa shape index (κ2) is 8.41. The molecule has 0 fully saturated rings. The van der Waals surface area contributed by atoms with Gasteiger partial charge in [-0.1, -0.05) is 0 Å². The van der Waals surface area contributed by atoms with Crippen molar-refractivity contribution in [3.05, 3.63) is 0 Å². The quantitative estimate of drug-likeness (QED) is 0.182. The first kappa shape index (κ1) is 20.8. The molecule has 0 aliphatic carbocycles. The molecule has 11 nitrogen and oxygen atoms in total. The maximum Gasteiger partial charge on any atom is 0.305 e. The molecule has 0 aliphatic heterocycles. The molecular formula is C12H21N3O8. The van der Waals surface area contributed by atoms with Crippen LogP contribution in [0.25, 0.3) is 0 Å². The van der Waals surface area contributed by atoms with Crippen LogP contribution in [0.3, 0.4) is 0 Å². The van der Waals surface area contributed by atoms with E-state index in [4.69, 9.17) is 31.5 Å². The van der Waals surface area contributed by atoms with Crippen molar-refractivity contribution in [2.75, 3.05) is 13.1 Å². The summed E-state index contributed by atoms with van der Waals surface area (Å²) < 4.78 is 4.89. The lowest BCUT2D eigenvalue weighted by Gasteiger charge is -2.45. The Morgan fingerprint density at radius 1 is 1.00 bits per heavy atom. The van der Waals surface area contributed by atoms with E-state index in [0.717, 1.165) is 6.92 Å². The Kier molecular flexibility index (Phi) is 7.59. The highest BCUT2D eigenvalue weighted by Gasteiger charge is 2.55. The monoisotopic (exact) mass is 335 g/mol. The molecule has 0 heterocycles. The SMILES string of the molecule is CC(=O)OC(N)(NCCN)C(CC(=O)O)(CC(=O)O)CC(=O)O. The summed E-state index contributed by atoms with van der Waals surface area (Å²) in [6.07, 6.45) is -2.85. The third kappa shape index (κ3) is 6.18. The summed E-state index contributed by atoms with van der Waals surface area (Å²) in [4.78, 5) is 44.8. The van der Waals surface area contributed by atoms with Crippen molar-refractivity contribution in [1.82, 2.24) is 5.32 Å². The van der Waals surface area contributed by atoms with Crippen LogP contribution in [-0.2, 0) is 23.9 Å². The molecular weight excluding hydrogens is 314 g/mol. The molecule has 0 amide bonds. The fourth-order valence-electron chi connectivity index (χ4n) is 2.27. The van der Waals surface area contributed by atoms with Gasteiger partial charge in [0.2, 0.25) is 5.85 Å². The number of carboxylic acid groups (broad SMARTS) is 3. The van der Waals surface area contributed by atoms with Gasteiger partial charge in [-0.15, -0.1) is 0 Å².